The van der Waals surface area contributed by atoms with Gasteiger partial charge in [-0.25, -0.2) is 8.78 Å². The first-order chi connectivity index (χ1) is 8.93. The standard InChI is InChI=1S/C14H28F2N2O/c1-12(2)7-17-9-14(5-4-6-19-11-14)10-18(3)8-13(15)16/h12-13,17H,4-11H2,1-3H3. The molecule has 5 heteroatoms. The van der Waals surface area contributed by atoms with Crippen molar-refractivity contribution in [1.29, 1.82) is 0 Å². The van der Waals surface area contributed by atoms with Crippen molar-refractivity contribution < 1.29 is 13.5 Å². The van der Waals surface area contributed by atoms with Gasteiger partial charge in [0.15, 0.2) is 0 Å². The molecule has 0 aromatic rings. The quantitative estimate of drug-likeness (QED) is 0.737. The lowest BCUT2D eigenvalue weighted by Gasteiger charge is -2.40. The van der Waals surface area contributed by atoms with Crippen LogP contribution in [0.4, 0.5) is 8.78 Å². The van der Waals surface area contributed by atoms with Crippen LogP contribution in [0.3, 0.4) is 0 Å². The molecule has 0 saturated carbocycles. The number of halogens is 2. The summed E-state index contributed by atoms with van der Waals surface area (Å²) in [7, 11) is 1.77. The SMILES string of the molecule is CC(C)CNCC1(CN(C)CC(F)F)CCCOC1. The van der Waals surface area contributed by atoms with Crippen molar-refractivity contribution in [2.75, 3.05) is 46.4 Å². The van der Waals surface area contributed by atoms with Gasteiger partial charge in [0, 0.05) is 25.1 Å². The van der Waals surface area contributed by atoms with Crippen LogP contribution >= 0.6 is 0 Å². The second kappa shape index (κ2) is 8.12. The van der Waals surface area contributed by atoms with E-state index in [1.807, 2.05) is 0 Å². The molecule has 114 valence electrons. The number of rotatable bonds is 8. The summed E-state index contributed by atoms with van der Waals surface area (Å²) in [5, 5.41) is 3.46. The minimum atomic E-state index is -2.27. The van der Waals surface area contributed by atoms with Crippen molar-refractivity contribution in [1.82, 2.24) is 10.2 Å². The zero-order chi connectivity index (χ0) is 14.3. The number of hydrogen-bond acceptors (Lipinski definition) is 3. The molecular weight excluding hydrogens is 250 g/mol. The summed E-state index contributed by atoms with van der Waals surface area (Å²) in [4.78, 5) is 1.73. The van der Waals surface area contributed by atoms with Crippen LogP contribution in [-0.2, 0) is 4.74 Å². The van der Waals surface area contributed by atoms with Crippen molar-refractivity contribution in [3.8, 4) is 0 Å². The third-order valence-electron chi connectivity index (χ3n) is 3.51. The van der Waals surface area contributed by atoms with E-state index in [9.17, 15) is 8.78 Å². The van der Waals surface area contributed by atoms with Crippen molar-refractivity contribution in [2.45, 2.75) is 33.1 Å². The van der Waals surface area contributed by atoms with E-state index in [4.69, 9.17) is 4.74 Å². The number of hydrogen-bond donors (Lipinski definition) is 1. The highest BCUT2D eigenvalue weighted by atomic mass is 19.3. The highest BCUT2D eigenvalue weighted by Gasteiger charge is 2.34. The predicted molar refractivity (Wildman–Crippen MR) is 73.7 cm³/mol. The van der Waals surface area contributed by atoms with Gasteiger partial charge in [0.1, 0.15) is 0 Å². The molecule has 19 heavy (non-hydrogen) atoms. The smallest absolute Gasteiger partial charge is 0.251 e. The minimum Gasteiger partial charge on any atom is -0.381 e. The molecule has 0 bridgehead atoms. The molecule has 1 fully saturated rings. The molecule has 0 radical (unpaired) electrons. The maximum absolute atomic E-state index is 12.4. The fourth-order valence-electron chi connectivity index (χ4n) is 2.73. The highest BCUT2D eigenvalue weighted by molar-refractivity contribution is 4.87. The summed E-state index contributed by atoms with van der Waals surface area (Å²) >= 11 is 0. The lowest BCUT2D eigenvalue weighted by atomic mass is 9.81. The maximum atomic E-state index is 12.4. The van der Waals surface area contributed by atoms with Gasteiger partial charge in [0.25, 0.3) is 6.43 Å². The van der Waals surface area contributed by atoms with Crippen molar-refractivity contribution in [3.63, 3.8) is 0 Å². The summed E-state index contributed by atoms with van der Waals surface area (Å²) < 4.78 is 30.5. The van der Waals surface area contributed by atoms with Gasteiger partial charge < -0.3 is 15.0 Å². The van der Waals surface area contributed by atoms with Crippen LogP contribution in [0.5, 0.6) is 0 Å². The molecule has 1 rings (SSSR count). The van der Waals surface area contributed by atoms with E-state index >= 15 is 0 Å². The van der Waals surface area contributed by atoms with Crippen molar-refractivity contribution >= 4 is 0 Å². The molecule has 1 aliphatic heterocycles. The molecule has 1 atom stereocenters. The topological polar surface area (TPSA) is 24.5 Å². The van der Waals surface area contributed by atoms with Gasteiger partial charge in [0.2, 0.25) is 0 Å². The molecule has 1 aliphatic rings. The van der Waals surface area contributed by atoms with E-state index < -0.39 is 6.43 Å². The first-order valence-electron chi connectivity index (χ1n) is 7.19. The average molecular weight is 278 g/mol. The number of ether oxygens (including phenoxy) is 1. The second-order valence-electron chi connectivity index (χ2n) is 6.27. The van der Waals surface area contributed by atoms with Crippen LogP contribution in [0.15, 0.2) is 0 Å². The van der Waals surface area contributed by atoms with Crippen molar-refractivity contribution in [2.24, 2.45) is 11.3 Å². The van der Waals surface area contributed by atoms with Gasteiger partial charge in [-0.2, -0.15) is 0 Å². The summed E-state index contributed by atoms with van der Waals surface area (Å²) in [6.45, 7) is 8.11. The molecule has 1 unspecified atom stereocenters. The normalized spacial score (nSPS) is 24.6. The molecule has 0 aromatic carbocycles. The Morgan fingerprint density at radius 1 is 1.37 bits per heavy atom. The lowest BCUT2D eigenvalue weighted by molar-refractivity contribution is -0.0297. The Balaban J connectivity index is 2.49. The number of alkyl halides is 2. The molecule has 1 N–H and O–H groups in total. The van der Waals surface area contributed by atoms with E-state index in [1.54, 1.807) is 11.9 Å². The Hall–Kier alpha value is -0.260. The van der Waals surface area contributed by atoms with Crippen LogP contribution in [0.1, 0.15) is 26.7 Å². The Morgan fingerprint density at radius 3 is 2.63 bits per heavy atom. The van der Waals surface area contributed by atoms with E-state index in [0.717, 1.165) is 32.5 Å². The summed E-state index contributed by atoms with van der Waals surface area (Å²) in [5.74, 6) is 0.598. The van der Waals surface area contributed by atoms with Gasteiger partial charge in [-0.3, -0.25) is 0 Å². The van der Waals surface area contributed by atoms with Crippen LogP contribution in [0.25, 0.3) is 0 Å². The molecule has 1 saturated heterocycles. The van der Waals surface area contributed by atoms with Gasteiger partial charge in [0.05, 0.1) is 13.2 Å². The summed E-state index contributed by atoms with van der Waals surface area (Å²) in [6.07, 6.45) is -0.201. The fraction of sp³-hybridized carbons (Fsp3) is 1.00. The highest BCUT2D eigenvalue weighted by Crippen LogP contribution is 2.29. The fourth-order valence-corrected chi connectivity index (χ4v) is 2.73. The third kappa shape index (κ3) is 6.63. The van der Waals surface area contributed by atoms with Gasteiger partial charge in [-0.05, 0) is 32.4 Å². The Bertz CT molecular complexity index is 244. The van der Waals surface area contributed by atoms with Crippen LogP contribution in [-0.4, -0.2) is 57.8 Å². The Morgan fingerprint density at radius 2 is 2.11 bits per heavy atom. The lowest BCUT2D eigenvalue weighted by Crippen LogP contribution is -2.49. The van der Waals surface area contributed by atoms with Gasteiger partial charge in [-0.1, -0.05) is 13.8 Å². The molecule has 0 amide bonds. The minimum absolute atomic E-state index is 0.0171. The summed E-state index contributed by atoms with van der Waals surface area (Å²) in [5.41, 5.74) is -0.0171. The third-order valence-corrected chi connectivity index (χ3v) is 3.51. The van der Waals surface area contributed by atoms with Crippen LogP contribution < -0.4 is 5.32 Å². The Kier molecular flexibility index (Phi) is 7.18. The molecule has 1 heterocycles. The van der Waals surface area contributed by atoms with E-state index in [1.165, 1.54) is 0 Å². The van der Waals surface area contributed by atoms with E-state index in [0.29, 0.717) is 19.1 Å². The molecule has 0 aromatic heterocycles. The van der Waals surface area contributed by atoms with E-state index in [2.05, 4.69) is 19.2 Å². The Labute approximate surface area is 115 Å². The molecule has 3 nitrogen and oxygen atoms in total. The van der Waals surface area contributed by atoms with E-state index in [-0.39, 0.29) is 12.0 Å². The van der Waals surface area contributed by atoms with Crippen LogP contribution in [0, 0.1) is 11.3 Å². The first-order valence-corrected chi connectivity index (χ1v) is 7.19. The number of nitrogens with one attached hydrogen (secondary N) is 1. The van der Waals surface area contributed by atoms with Crippen LogP contribution in [0.2, 0.25) is 0 Å². The predicted octanol–water partition coefficient (Wildman–Crippen LogP) is 2.23. The molecular formula is C14H28F2N2O. The van der Waals surface area contributed by atoms with Crippen molar-refractivity contribution in [3.05, 3.63) is 0 Å². The average Bonchev–Trinajstić information content (AvgIpc) is 2.28. The monoisotopic (exact) mass is 278 g/mol. The zero-order valence-electron chi connectivity index (χ0n) is 12.4. The first kappa shape index (κ1) is 16.8. The zero-order valence-corrected chi connectivity index (χ0v) is 12.4. The van der Waals surface area contributed by atoms with Gasteiger partial charge >= 0.3 is 0 Å². The largest absolute Gasteiger partial charge is 0.381 e. The van der Waals surface area contributed by atoms with Gasteiger partial charge in [-0.15, -0.1) is 0 Å². The molecule has 0 spiro atoms. The maximum Gasteiger partial charge on any atom is 0.251 e. The summed E-state index contributed by atoms with van der Waals surface area (Å²) in [6, 6.07) is 0. The number of nitrogens with zero attached hydrogens (tertiary/aromatic N) is 1. The second-order valence-corrected chi connectivity index (χ2v) is 6.27. The molecule has 0 aliphatic carbocycles.